The number of halogens is 1. The van der Waals surface area contributed by atoms with Crippen molar-refractivity contribution in [3.63, 3.8) is 0 Å². The molecule has 2 rings (SSSR count). The lowest BCUT2D eigenvalue weighted by atomic mass is 9.92. The van der Waals surface area contributed by atoms with Crippen LogP contribution >= 0.6 is 0 Å². The molecule has 0 saturated heterocycles. The number of rotatable bonds is 2. The standard InChI is InChI=1S/C18H20FN/c1-18(2,3)11-10-13-12-14(19)8-9-15(13)16-6-4-5-7-17(16)20/h4-12H,20H2,1-3H3/b11-10+. The highest BCUT2D eigenvalue weighted by Crippen LogP contribution is 2.31. The first-order chi connectivity index (χ1) is 9.37. The summed E-state index contributed by atoms with van der Waals surface area (Å²) in [6.45, 7) is 6.33. The molecule has 0 bridgehead atoms. The van der Waals surface area contributed by atoms with Gasteiger partial charge in [-0.1, -0.05) is 57.2 Å². The van der Waals surface area contributed by atoms with Crippen LogP contribution in [-0.4, -0.2) is 0 Å². The molecule has 2 aromatic carbocycles. The molecule has 104 valence electrons. The van der Waals surface area contributed by atoms with Gasteiger partial charge in [0.05, 0.1) is 0 Å². The van der Waals surface area contributed by atoms with E-state index in [2.05, 4.69) is 26.8 Å². The Bertz CT molecular complexity index is 636. The van der Waals surface area contributed by atoms with Crippen LogP contribution in [0.2, 0.25) is 0 Å². The van der Waals surface area contributed by atoms with Crippen LogP contribution in [0.5, 0.6) is 0 Å². The lowest BCUT2D eigenvalue weighted by Crippen LogP contribution is -1.98. The van der Waals surface area contributed by atoms with Gasteiger partial charge in [-0.2, -0.15) is 0 Å². The van der Waals surface area contributed by atoms with Crippen LogP contribution in [0.4, 0.5) is 10.1 Å². The molecule has 0 saturated carbocycles. The Morgan fingerprint density at radius 2 is 1.70 bits per heavy atom. The number of hydrogen-bond donors (Lipinski definition) is 1. The predicted octanol–water partition coefficient (Wildman–Crippen LogP) is 5.13. The molecule has 0 amide bonds. The highest BCUT2D eigenvalue weighted by molar-refractivity contribution is 5.82. The Morgan fingerprint density at radius 1 is 1.00 bits per heavy atom. The zero-order chi connectivity index (χ0) is 14.8. The van der Waals surface area contributed by atoms with Crippen LogP contribution in [0.15, 0.2) is 48.5 Å². The quantitative estimate of drug-likeness (QED) is 0.751. The van der Waals surface area contributed by atoms with E-state index >= 15 is 0 Å². The number of hydrogen-bond acceptors (Lipinski definition) is 1. The van der Waals surface area contributed by atoms with Gasteiger partial charge in [-0.3, -0.25) is 0 Å². The largest absolute Gasteiger partial charge is 0.398 e. The average Bonchev–Trinajstić information content (AvgIpc) is 2.37. The van der Waals surface area contributed by atoms with E-state index in [1.807, 2.05) is 30.3 Å². The fourth-order valence-electron chi connectivity index (χ4n) is 2.00. The SMILES string of the molecule is CC(C)(C)/C=C/c1cc(F)ccc1-c1ccccc1N. The predicted molar refractivity (Wildman–Crippen MR) is 84.7 cm³/mol. The molecule has 0 radical (unpaired) electrons. The number of nitrogen functional groups attached to an aromatic ring is 1. The normalized spacial score (nSPS) is 12.0. The highest BCUT2D eigenvalue weighted by Gasteiger charge is 2.09. The summed E-state index contributed by atoms with van der Waals surface area (Å²) in [5, 5.41) is 0. The molecule has 1 nitrogen and oxygen atoms in total. The minimum atomic E-state index is -0.239. The van der Waals surface area contributed by atoms with Crippen LogP contribution in [0.1, 0.15) is 26.3 Å². The van der Waals surface area contributed by atoms with Crippen molar-refractivity contribution in [1.29, 1.82) is 0 Å². The Kier molecular flexibility index (Phi) is 3.93. The summed E-state index contributed by atoms with van der Waals surface area (Å²) in [5.74, 6) is -0.239. The summed E-state index contributed by atoms with van der Waals surface area (Å²) >= 11 is 0. The molecule has 0 unspecified atom stereocenters. The third-order valence-electron chi connectivity index (χ3n) is 3.03. The van der Waals surface area contributed by atoms with Gasteiger partial charge in [0.15, 0.2) is 0 Å². The molecule has 2 N–H and O–H groups in total. The summed E-state index contributed by atoms with van der Waals surface area (Å²) in [6, 6.07) is 12.4. The molecule has 0 aliphatic rings. The summed E-state index contributed by atoms with van der Waals surface area (Å²) in [5.41, 5.74) is 9.50. The Morgan fingerprint density at radius 3 is 2.35 bits per heavy atom. The summed E-state index contributed by atoms with van der Waals surface area (Å²) in [4.78, 5) is 0. The fourth-order valence-corrected chi connectivity index (χ4v) is 2.00. The molecular formula is C18H20FN. The fraction of sp³-hybridized carbons (Fsp3) is 0.222. The van der Waals surface area contributed by atoms with Crippen LogP contribution in [0.25, 0.3) is 17.2 Å². The molecular weight excluding hydrogens is 249 g/mol. The van der Waals surface area contributed by atoms with Gasteiger partial charge >= 0.3 is 0 Å². The number of para-hydroxylation sites is 1. The van der Waals surface area contributed by atoms with E-state index in [9.17, 15) is 4.39 Å². The molecule has 0 heterocycles. The Balaban J connectivity index is 2.55. The summed E-state index contributed by atoms with van der Waals surface area (Å²) in [6.07, 6.45) is 4.04. The Labute approximate surface area is 119 Å². The van der Waals surface area contributed by atoms with Gasteiger partial charge in [0.1, 0.15) is 5.82 Å². The smallest absolute Gasteiger partial charge is 0.123 e. The number of anilines is 1. The minimum absolute atomic E-state index is 0.0474. The van der Waals surface area contributed by atoms with E-state index in [1.165, 1.54) is 6.07 Å². The zero-order valence-electron chi connectivity index (χ0n) is 12.2. The van der Waals surface area contributed by atoms with Gasteiger partial charge in [-0.05, 0) is 34.7 Å². The molecule has 2 heteroatoms. The van der Waals surface area contributed by atoms with E-state index in [1.54, 1.807) is 12.1 Å². The van der Waals surface area contributed by atoms with E-state index in [0.29, 0.717) is 5.69 Å². The summed E-state index contributed by atoms with van der Waals surface area (Å²) in [7, 11) is 0. The van der Waals surface area contributed by atoms with Gasteiger partial charge < -0.3 is 5.73 Å². The van der Waals surface area contributed by atoms with Gasteiger partial charge in [0.2, 0.25) is 0 Å². The molecule has 20 heavy (non-hydrogen) atoms. The second-order valence-electron chi connectivity index (χ2n) is 6.02. The monoisotopic (exact) mass is 269 g/mol. The van der Waals surface area contributed by atoms with Crippen molar-refractivity contribution >= 4 is 11.8 Å². The van der Waals surface area contributed by atoms with Crippen molar-refractivity contribution in [3.05, 3.63) is 59.9 Å². The first-order valence-corrected chi connectivity index (χ1v) is 6.70. The van der Waals surface area contributed by atoms with Crippen molar-refractivity contribution in [3.8, 4) is 11.1 Å². The number of benzene rings is 2. The van der Waals surface area contributed by atoms with Crippen LogP contribution in [0, 0.1) is 11.2 Å². The minimum Gasteiger partial charge on any atom is -0.398 e. The Hall–Kier alpha value is -2.09. The molecule has 0 aliphatic carbocycles. The maximum absolute atomic E-state index is 13.5. The third-order valence-corrected chi connectivity index (χ3v) is 3.03. The maximum atomic E-state index is 13.5. The van der Waals surface area contributed by atoms with Crippen molar-refractivity contribution in [2.75, 3.05) is 5.73 Å². The lowest BCUT2D eigenvalue weighted by Gasteiger charge is -2.13. The first kappa shape index (κ1) is 14.3. The second-order valence-corrected chi connectivity index (χ2v) is 6.02. The van der Waals surface area contributed by atoms with Gasteiger partial charge in [0, 0.05) is 11.3 Å². The van der Waals surface area contributed by atoms with E-state index < -0.39 is 0 Å². The van der Waals surface area contributed by atoms with Crippen molar-refractivity contribution in [2.45, 2.75) is 20.8 Å². The molecule has 0 spiro atoms. The van der Waals surface area contributed by atoms with Crippen LogP contribution in [-0.2, 0) is 0 Å². The van der Waals surface area contributed by atoms with Gasteiger partial charge in [0.25, 0.3) is 0 Å². The second kappa shape index (κ2) is 5.49. The average molecular weight is 269 g/mol. The molecule has 0 aliphatic heterocycles. The van der Waals surface area contributed by atoms with E-state index in [4.69, 9.17) is 5.73 Å². The van der Waals surface area contributed by atoms with Crippen LogP contribution in [0.3, 0.4) is 0 Å². The van der Waals surface area contributed by atoms with Crippen molar-refractivity contribution < 1.29 is 4.39 Å². The maximum Gasteiger partial charge on any atom is 0.123 e. The van der Waals surface area contributed by atoms with Crippen molar-refractivity contribution in [2.24, 2.45) is 5.41 Å². The topological polar surface area (TPSA) is 26.0 Å². The number of nitrogens with two attached hydrogens (primary N) is 1. The first-order valence-electron chi connectivity index (χ1n) is 6.70. The molecule has 2 aromatic rings. The number of allylic oxidation sites excluding steroid dienone is 1. The van der Waals surface area contributed by atoms with Crippen molar-refractivity contribution in [1.82, 2.24) is 0 Å². The van der Waals surface area contributed by atoms with E-state index in [0.717, 1.165) is 16.7 Å². The van der Waals surface area contributed by atoms with Gasteiger partial charge in [-0.25, -0.2) is 4.39 Å². The summed E-state index contributed by atoms with van der Waals surface area (Å²) < 4.78 is 13.5. The highest BCUT2D eigenvalue weighted by atomic mass is 19.1. The van der Waals surface area contributed by atoms with Gasteiger partial charge in [-0.15, -0.1) is 0 Å². The van der Waals surface area contributed by atoms with E-state index in [-0.39, 0.29) is 11.2 Å². The molecule has 0 fully saturated rings. The van der Waals surface area contributed by atoms with Crippen LogP contribution < -0.4 is 5.73 Å². The molecule has 0 aromatic heterocycles. The molecule has 0 atom stereocenters. The third kappa shape index (κ3) is 3.47. The zero-order valence-corrected chi connectivity index (χ0v) is 12.2. The lowest BCUT2D eigenvalue weighted by molar-refractivity contribution is 0.547.